The predicted molar refractivity (Wildman–Crippen MR) is 175 cm³/mol. The Morgan fingerprint density at radius 3 is 2.02 bits per heavy atom. The average molecular weight is 654 g/mol. The second-order valence-corrected chi connectivity index (χ2v) is 15.3. The molecule has 0 unspecified atom stereocenters. The summed E-state index contributed by atoms with van der Waals surface area (Å²) in [5.74, 6) is -2.41. The molecule has 11 nitrogen and oxygen atoms in total. The third-order valence-corrected chi connectivity index (χ3v) is 9.82. The molecule has 0 aromatic heterocycles. The second kappa shape index (κ2) is 18.6. The van der Waals surface area contributed by atoms with Crippen LogP contribution in [0, 0.1) is 11.8 Å². The van der Waals surface area contributed by atoms with Gasteiger partial charge < -0.3 is 34.8 Å². The van der Waals surface area contributed by atoms with Crippen molar-refractivity contribution in [1.29, 1.82) is 0 Å². The summed E-state index contributed by atoms with van der Waals surface area (Å²) in [7, 11) is -3.97. The van der Waals surface area contributed by atoms with Gasteiger partial charge in [0.05, 0.1) is 19.3 Å². The van der Waals surface area contributed by atoms with Crippen LogP contribution >= 0.6 is 7.60 Å². The molecule has 1 aliphatic carbocycles. The fourth-order valence-electron chi connectivity index (χ4n) is 5.57. The van der Waals surface area contributed by atoms with Crippen LogP contribution in [-0.4, -0.2) is 65.8 Å². The number of alkyl carbamates (subject to hydrolysis) is 1. The lowest BCUT2D eigenvalue weighted by molar-refractivity contribution is -0.131. The van der Waals surface area contributed by atoms with Crippen molar-refractivity contribution >= 4 is 25.5 Å². The molecule has 1 saturated carbocycles. The molecule has 2 rings (SSSR count). The largest absolute Gasteiger partial charge is 0.444 e. The number of aliphatic hydroxyl groups excluding tert-OH is 1. The van der Waals surface area contributed by atoms with Crippen LogP contribution in [0.2, 0.25) is 0 Å². The van der Waals surface area contributed by atoms with Crippen molar-refractivity contribution in [2.45, 2.75) is 129 Å². The van der Waals surface area contributed by atoms with Crippen LogP contribution in [0.5, 0.6) is 0 Å². The summed E-state index contributed by atoms with van der Waals surface area (Å²) in [5, 5.41) is 19.8. The standard InChI is InChI=1S/C33H56N3O8P/c1-8-42-45(41,43-9-2)31(39)28(22-25-18-14-11-15-19-25)35-29(37)26(20-23(3)4)34-30(38)27(21-24-16-12-10-13-17-24)36-32(40)44-33(5,6)7/h10,12-13,16-17,23,25-28,31,39H,8-9,11,14-15,18-22H2,1-7H3,(H,34,38)(H,35,37)(H,36,40)/t26-,27-,28-,31-/m0/s1. The first-order chi connectivity index (χ1) is 21.2. The van der Waals surface area contributed by atoms with Crippen molar-refractivity contribution in [3.63, 3.8) is 0 Å². The van der Waals surface area contributed by atoms with Crippen LogP contribution in [0.1, 0.15) is 99.0 Å². The first-order valence-electron chi connectivity index (χ1n) is 16.4. The Morgan fingerprint density at radius 2 is 1.49 bits per heavy atom. The number of hydrogen-bond donors (Lipinski definition) is 4. The van der Waals surface area contributed by atoms with Crippen LogP contribution < -0.4 is 16.0 Å². The van der Waals surface area contributed by atoms with Crippen molar-refractivity contribution in [3.8, 4) is 0 Å². The molecule has 4 N–H and O–H groups in total. The normalized spacial score (nSPS) is 17.2. The minimum Gasteiger partial charge on any atom is -0.444 e. The highest BCUT2D eigenvalue weighted by Crippen LogP contribution is 2.54. The van der Waals surface area contributed by atoms with Crippen LogP contribution in [0.25, 0.3) is 0 Å². The van der Waals surface area contributed by atoms with E-state index < -0.39 is 55.1 Å². The number of carbonyl (C=O) groups is 3. The monoisotopic (exact) mass is 653 g/mol. The van der Waals surface area contributed by atoms with E-state index in [4.69, 9.17) is 13.8 Å². The van der Waals surface area contributed by atoms with Gasteiger partial charge in [0.25, 0.3) is 0 Å². The smallest absolute Gasteiger partial charge is 0.408 e. The van der Waals surface area contributed by atoms with E-state index >= 15 is 0 Å². The lowest BCUT2D eigenvalue weighted by Crippen LogP contribution is -2.57. The Morgan fingerprint density at radius 1 is 0.911 bits per heavy atom. The van der Waals surface area contributed by atoms with Gasteiger partial charge in [0.1, 0.15) is 17.7 Å². The number of ether oxygens (including phenoxy) is 1. The van der Waals surface area contributed by atoms with Gasteiger partial charge in [0, 0.05) is 6.42 Å². The zero-order chi connectivity index (χ0) is 33.6. The van der Waals surface area contributed by atoms with Crippen molar-refractivity contribution in [1.82, 2.24) is 16.0 Å². The molecule has 1 aliphatic rings. The molecule has 256 valence electrons. The average Bonchev–Trinajstić information content (AvgIpc) is 2.95. The van der Waals surface area contributed by atoms with Crippen LogP contribution in [-0.2, 0) is 34.4 Å². The molecule has 4 atom stereocenters. The number of carbonyl (C=O) groups excluding carboxylic acids is 3. The summed E-state index contributed by atoms with van der Waals surface area (Å²) in [6, 6.07) is 6.30. The summed E-state index contributed by atoms with van der Waals surface area (Å²) in [5.41, 5.74) is 0.0472. The number of amides is 3. The third kappa shape index (κ3) is 13.8. The van der Waals surface area contributed by atoms with E-state index in [0.717, 1.165) is 37.7 Å². The number of rotatable bonds is 17. The lowest BCUT2D eigenvalue weighted by Gasteiger charge is -2.34. The van der Waals surface area contributed by atoms with Gasteiger partial charge in [-0.2, -0.15) is 0 Å². The molecule has 0 saturated heterocycles. The zero-order valence-electron chi connectivity index (χ0n) is 28.2. The third-order valence-electron chi connectivity index (χ3n) is 7.57. The summed E-state index contributed by atoms with van der Waals surface area (Å²) in [4.78, 5) is 40.3. The second-order valence-electron chi connectivity index (χ2n) is 13.2. The SMILES string of the molecule is CCOP(=O)(OCC)[C@H](O)[C@H](CC1CCCCC1)NC(=O)[C@H](CC(C)C)NC(=O)[C@H](Cc1ccccc1)NC(=O)OC(C)(C)C. The van der Waals surface area contributed by atoms with Crippen molar-refractivity contribution in [2.24, 2.45) is 11.8 Å². The maximum Gasteiger partial charge on any atom is 0.408 e. The van der Waals surface area contributed by atoms with Gasteiger partial charge >= 0.3 is 13.7 Å². The highest BCUT2D eigenvalue weighted by atomic mass is 31.2. The van der Waals surface area contributed by atoms with Gasteiger partial charge in [-0.1, -0.05) is 76.3 Å². The number of hydrogen-bond acceptors (Lipinski definition) is 8. The highest BCUT2D eigenvalue weighted by Gasteiger charge is 2.42. The zero-order valence-corrected chi connectivity index (χ0v) is 29.1. The number of nitrogens with one attached hydrogen (secondary N) is 3. The Labute approximate surface area is 269 Å². The van der Waals surface area contributed by atoms with E-state index in [1.165, 1.54) is 0 Å². The minimum absolute atomic E-state index is 0.0205. The lowest BCUT2D eigenvalue weighted by atomic mass is 9.85. The van der Waals surface area contributed by atoms with Crippen molar-refractivity contribution < 1.29 is 37.8 Å². The molecule has 0 spiro atoms. The van der Waals surface area contributed by atoms with Gasteiger partial charge in [-0.05, 0) is 64.9 Å². The molecule has 12 heteroatoms. The maximum atomic E-state index is 13.9. The van der Waals surface area contributed by atoms with E-state index in [1.54, 1.807) is 34.6 Å². The van der Waals surface area contributed by atoms with Gasteiger partial charge in [-0.15, -0.1) is 0 Å². The van der Waals surface area contributed by atoms with Gasteiger partial charge in [-0.3, -0.25) is 14.2 Å². The van der Waals surface area contributed by atoms with Crippen molar-refractivity contribution in [3.05, 3.63) is 35.9 Å². The number of benzene rings is 1. The molecule has 1 aromatic carbocycles. The molecular formula is C33H56N3O8P. The minimum atomic E-state index is -3.97. The highest BCUT2D eigenvalue weighted by molar-refractivity contribution is 7.54. The van der Waals surface area contributed by atoms with Gasteiger partial charge in [0.2, 0.25) is 11.8 Å². The van der Waals surface area contributed by atoms with Crippen LogP contribution in [0.3, 0.4) is 0 Å². The van der Waals surface area contributed by atoms with E-state index in [2.05, 4.69) is 16.0 Å². The van der Waals surface area contributed by atoms with Crippen LogP contribution in [0.15, 0.2) is 30.3 Å². The molecule has 0 aliphatic heterocycles. The van der Waals surface area contributed by atoms with E-state index in [-0.39, 0.29) is 31.5 Å². The molecule has 3 amide bonds. The summed E-state index contributed by atoms with van der Waals surface area (Å²) in [6.45, 7) is 12.5. The fraction of sp³-hybridized carbons (Fsp3) is 0.727. The molecule has 1 fully saturated rings. The van der Waals surface area contributed by atoms with E-state index in [1.807, 2.05) is 44.2 Å². The molecule has 0 heterocycles. The van der Waals surface area contributed by atoms with E-state index in [9.17, 15) is 24.1 Å². The molecule has 0 radical (unpaired) electrons. The molecule has 0 bridgehead atoms. The Bertz CT molecular complexity index is 1090. The maximum absolute atomic E-state index is 13.9. The Hall–Kier alpha value is -2.46. The number of aliphatic hydroxyl groups is 1. The molecule has 45 heavy (non-hydrogen) atoms. The quantitative estimate of drug-likeness (QED) is 0.157. The molecule has 1 aromatic rings. The first-order valence-corrected chi connectivity index (χ1v) is 18.0. The topological polar surface area (TPSA) is 152 Å². The van der Waals surface area contributed by atoms with Crippen molar-refractivity contribution in [2.75, 3.05) is 13.2 Å². The van der Waals surface area contributed by atoms with E-state index in [0.29, 0.717) is 12.8 Å². The van der Waals surface area contributed by atoms with Crippen LogP contribution in [0.4, 0.5) is 4.79 Å². The first kappa shape index (κ1) is 38.7. The predicted octanol–water partition coefficient (Wildman–Crippen LogP) is 5.69. The fourth-order valence-corrected chi connectivity index (χ4v) is 7.31. The Kier molecular flexibility index (Phi) is 16.0. The summed E-state index contributed by atoms with van der Waals surface area (Å²) >= 11 is 0. The molecular weight excluding hydrogens is 597 g/mol. The van der Waals surface area contributed by atoms with Gasteiger partial charge in [0.15, 0.2) is 5.85 Å². The van der Waals surface area contributed by atoms with Gasteiger partial charge in [-0.25, -0.2) is 4.79 Å². The summed E-state index contributed by atoms with van der Waals surface area (Å²) in [6.07, 6.45) is 5.24. The Balaban J connectivity index is 2.33. The summed E-state index contributed by atoms with van der Waals surface area (Å²) < 4.78 is 29.9.